The van der Waals surface area contributed by atoms with Crippen molar-refractivity contribution in [3.05, 3.63) is 19.6 Å². The average Bonchev–Trinajstić information content (AvgIpc) is 1.33. The largest absolute Gasteiger partial charge is 0.542 e. The highest BCUT2D eigenvalue weighted by molar-refractivity contribution is 9.69. The van der Waals surface area contributed by atoms with Crippen molar-refractivity contribution in [2.45, 2.75) is 0 Å². The van der Waals surface area contributed by atoms with Crippen LogP contribution in [0.15, 0.2) is 12.7 Å². The van der Waals surface area contributed by atoms with Crippen molar-refractivity contribution in [1.29, 1.82) is 0 Å². The van der Waals surface area contributed by atoms with Crippen molar-refractivity contribution < 1.29 is 0 Å². The molecule has 0 fully saturated rings. The second-order valence-corrected chi connectivity index (χ2v) is 20.3. The molecule has 0 rings (SSSR count). The van der Waals surface area contributed by atoms with Gasteiger partial charge < -0.3 is 0 Å². The van der Waals surface area contributed by atoms with Crippen LogP contribution in [0.25, 0.3) is 0 Å². The minimum absolute atomic E-state index is 0.701. The second kappa shape index (κ2) is 10.6. The molecule has 0 spiro atoms. The molecule has 0 unspecified atom stereocenters. The quantitative estimate of drug-likeness (QED) is 0.603. The first-order valence-electron chi connectivity index (χ1n) is 1.47. The molecular formula is C3H5AlBr3. The van der Waals surface area contributed by atoms with Gasteiger partial charge in [-0.25, -0.2) is 0 Å². The normalized spacial score (nSPS) is 5.71. The van der Waals surface area contributed by atoms with Crippen LogP contribution in [-0.2, 0) is 0 Å². The summed E-state index contributed by atoms with van der Waals surface area (Å²) in [7, 11) is -0.701. The maximum absolute atomic E-state index is 3.25. The summed E-state index contributed by atoms with van der Waals surface area (Å²) in [5.74, 6) is 0. The number of hydrogen-bond donors (Lipinski definition) is 0. The van der Waals surface area contributed by atoms with Crippen LogP contribution in [0.1, 0.15) is 0 Å². The minimum atomic E-state index is -0.701. The average molecular weight is 308 g/mol. The fourth-order valence-electron chi connectivity index (χ4n) is 0. The number of halogens is 3. The van der Waals surface area contributed by atoms with E-state index in [0.717, 1.165) is 0 Å². The number of allylic oxidation sites excluding steroid dienone is 1. The van der Waals surface area contributed by atoms with Crippen molar-refractivity contribution in [2.75, 3.05) is 0 Å². The smallest absolute Gasteiger partial charge is 0.181 e. The SMILES string of the molecule is [Br][Al]([Br])[Br].[CH2]C=C. The van der Waals surface area contributed by atoms with Crippen LogP contribution < -0.4 is 0 Å². The van der Waals surface area contributed by atoms with Crippen LogP contribution in [0.5, 0.6) is 0 Å². The molecule has 0 aromatic heterocycles. The van der Waals surface area contributed by atoms with Gasteiger partial charge in [-0.1, -0.05) is 6.08 Å². The predicted octanol–water partition coefficient (Wildman–Crippen LogP) is 3.16. The maximum atomic E-state index is 3.25. The van der Waals surface area contributed by atoms with Gasteiger partial charge >= 0.3 is 8.67 Å². The Morgan fingerprint density at radius 1 is 1.29 bits per heavy atom. The summed E-state index contributed by atoms with van der Waals surface area (Å²) in [5.41, 5.74) is 0. The third kappa shape index (κ3) is 85.8. The topological polar surface area (TPSA) is 0 Å². The first-order valence-corrected chi connectivity index (χ1v) is 11.0. The Kier molecular flexibility index (Phi) is 17.5. The van der Waals surface area contributed by atoms with E-state index < -0.39 is 8.67 Å². The van der Waals surface area contributed by atoms with Gasteiger partial charge in [-0.2, -0.15) is 42.2 Å². The molecule has 0 aromatic rings. The van der Waals surface area contributed by atoms with E-state index in [4.69, 9.17) is 0 Å². The van der Waals surface area contributed by atoms with Crippen molar-refractivity contribution in [1.82, 2.24) is 0 Å². The van der Waals surface area contributed by atoms with Crippen LogP contribution in [0.3, 0.4) is 0 Å². The molecule has 0 bridgehead atoms. The Morgan fingerprint density at radius 3 is 1.29 bits per heavy atom. The highest BCUT2D eigenvalue weighted by Crippen LogP contribution is 2.07. The van der Waals surface area contributed by atoms with Gasteiger partial charge in [0.1, 0.15) is 0 Å². The summed E-state index contributed by atoms with van der Waals surface area (Å²) in [5, 5.41) is 0. The second-order valence-electron chi connectivity index (χ2n) is 0.536. The lowest BCUT2D eigenvalue weighted by atomic mass is 10.8. The Balaban J connectivity index is 0. The van der Waals surface area contributed by atoms with E-state index in [9.17, 15) is 0 Å². The third-order valence-corrected chi connectivity index (χ3v) is 0. The van der Waals surface area contributed by atoms with Gasteiger partial charge in [0.05, 0.1) is 0 Å². The van der Waals surface area contributed by atoms with E-state index in [2.05, 4.69) is 55.7 Å². The number of hydrogen-bond acceptors (Lipinski definition) is 0. The summed E-state index contributed by atoms with van der Waals surface area (Å²) in [4.78, 5) is 0. The van der Waals surface area contributed by atoms with Gasteiger partial charge in [-0.05, 0) is 6.92 Å². The van der Waals surface area contributed by atoms with Gasteiger partial charge in [0.2, 0.25) is 0 Å². The molecule has 0 aromatic carbocycles. The van der Waals surface area contributed by atoms with Gasteiger partial charge in [0.15, 0.2) is 0 Å². The van der Waals surface area contributed by atoms with E-state index in [1.54, 1.807) is 0 Å². The van der Waals surface area contributed by atoms with Gasteiger partial charge in [0, 0.05) is 0 Å². The zero-order valence-electron chi connectivity index (χ0n) is 3.70. The summed E-state index contributed by atoms with van der Waals surface area (Å²) < 4.78 is 0. The van der Waals surface area contributed by atoms with Crippen LogP contribution in [0.2, 0.25) is 0 Å². The fraction of sp³-hybridized carbons (Fsp3) is 0. The van der Waals surface area contributed by atoms with Crippen molar-refractivity contribution >= 4 is 50.8 Å². The monoisotopic (exact) mass is 305 g/mol. The molecule has 0 N–H and O–H groups in total. The molecule has 0 saturated heterocycles. The molecule has 0 saturated carbocycles. The van der Waals surface area contributed by atoms with Crippen LogP contribution in [0, 0.1) is 6.92 Å². The molecule has 7 heavy (non-hydrogen) atoms. The highest BCUT2D eigenvalue weighted by atomic mass is 80.0. The number of rotatable bonds is 0. The van der Waals surface area contributed by atoms with Gasteiger partial charge in [-0.15, -0.1) is 6.58 Å². The van der Waals surface area contributed by atoms with Crippen LogP contribution in [0.4, 0.5) is 0 Å². The molecular weight excluding hydrogens is 303 g/mol. The Hall–Kier alpha value is 1.71. The lowest BCUT2D eigenvalue weighted by Gasteiger charge is -1.59. The Bertz CT molecular complexity index is 34.4. The summed E-state index contributed by atoms with van der Waals surface area (Å²) >= 11 is 9.73. The van der Waals surface area contributed by atoms with Crippen LogP contribution >= 0.6 is 42.2 Å². The van der Waals surface area contributed by atoms with Crippen molar-refractivity contribution in [2.24, 2.45) is 0 Å². The summed E-state index contributed by atoms with van der Waals surface area (Å²) in [6.07, 6.45) is 1.50. The van der Waals surface area contributed by atoms with Gasteiger partial charge in [-0.3, -0.25) is 0 Å². The first-order chi connectivity index (χ1) is 3.15. The summed E-state index contributed by atoms with van der Waals surface area (Å²) in [6, 6.07) is 0. The van der Waals surface area contributed by atoms with Gasteiger partial charge in [0.25, 0.3) is 0 Å². The molecule has 1 radical (unpaired) electrons. The standard InChI is InChI=1S/C3H5.Al.3BrH/c1-3-2;;;;/h3H,1-2H2;;3*1H/q;+3;;;/p-3. The maximum Gasteiger partial charge on any atom is 0.542 e. The Labute approximate surface area is 69.7 Å². The Morgan fingerprint density at radius 2 is 1.29 bits per heavy atom. The fourth-order valence-corrected chi connectivity index (χ4v) is 0. The minimum Gasteiger partial charge on any atom is -0.181 e. The van der Waals surface area contributed by atoms with E-state index in [1.807, 2.05) is 0 Å². The lowest BCUT2D eigenvalue weighted by Crippen LogP contribution is -1.60. The van der Waals surface area contributed by atoms with E-state index in [0.29, 0.717) is 0 Å². The summed E-state index contributed by atoms with van der Waals surface area (Å²) in [6.45, 7) is 6.50. The molecule has 0 atom stereocenters. The molecule has 0 aliphatic rings. The zero-order chi connectivity index (χ0) is 6.28. The van der Waals surface area contributed by atoms with Crippen LogP contribution in [-0.4, -0.2) is 8.67 Å². The first kappa shape index (κ1) is 11.5. The molecule has 41 valence electrons. The van der Waals surface area contributed by atoms with E-state index in [1.165, 1.54) is 6.08 Å². The molecule has 0 nitrogen and oxygen atoms in total. The third-order valence-electron chi connectivity index (χ3n) is 0. The molecule has 0 amide bonds. The zero-order valence-corrected chi connectivity index (χ0v) is 9.62. The molecule has 4 heteroatoms. The van der Waals surface area contributed by atoms with E-state index >= 15 is 0 Å². The van der Waals surface area contributed by atoms with Crippen molar-refractivity contribution in [3.8, 4) is 0 Å². The molecule has 0 heterocycles. The molecule has 0 aliphatic heterocycles. The van der Waals surface area contributed by atoms with E-state index in [-0.39, 0.29) is 0 Å². The lowest BCUT2D eigenvalue weighted by molar-refractivity contribution is 2.19. The highest BCUT2D eigenvalue weighted by Gasteiger charge is 1.95. The predicted molar refractivity (Wildman–Crippen MR) is 48.1 cm³/mol. The molecule has 0 aliphatic carbocycles. The van der Waals surface area contributed by atoms with Crippen molar-refractivity contribution in [3.63, 3.8) is 0 Å².